The molecule has 0 aliphatic heterocycles. The van der Waals surface area contributed by atoms with Crippen LogP contribution in [0.1, 0.15) is 25.3 Å². The molecule has 0 amide bonds. The van der Waals surface area contributed by atoms with E-state index < -0.39 is 0 Å². The fraction of sp³-hybridized carbons (Fsp3) is 0.357. The van der Waals surface area contributed by atoms with Gasteiger partial charge in [-0.3, -0.25) is 0 Å². The smallest absolute Gasteiger partial charge is 0.197 e. The van der Waals surface area contributed by atoms with Crippen LogP contribution in [0.5, 0.6) is 0 Å². The monoisotopic (exact) mass is 342 g/mol. The highest BCUT2D eigenvalue weighted by Crippen LogP contribution is 1.98. The highest BCUT2D eigenvalue weighted by Gasteiger charge is 2.07. The minimum Gasteiger partial charge on any atom is -1.00 e. The number of benzene rings is 1. The van der Waals surface area contributed by atoms with E-state index in [9.17, 15) is 0 Å². The summed E-state index contributed by atoms with van der Waals surface area (Å²) in [4.78, 5) is 0. The maximum absolute atomic E-state index is 2.29. The molecule has 1 heterocycles. The van der Waals surface area contributed by atoms with Crippen LogP contribution in [0.3, 0.4) is 0 Å². The first-order valence-corrected chi connectivity index (χ1v) is 5.99. The fourth-order valence-corrected chi connectivity index (χ4v) is 1.85. The minimum atomic E-state index is 0. The zero-order chi connectivity index (χ0) is 11.2. The third-order valence-electron chi connectivity index (χ3n) is 2.77. The van der Waals surface area contributed by atoms with Gasteiger partial charge in [0.1, 0.15) is 0 Å². The molecule has 0 N–H and O–H groups in total. The van der Waals surface area contributed by atoms with Gasteiger partial charge in [-0.05, 0) is 6.42 Å². The van der Waals surface area contributed by atoms with E-state index in [1.165, 1.54) is 18.4 Å². The second-order valence-corrected chi connectivity index (χ2v) is 4.09. The molecular formula is C14H19IN2. The van der Waals surface area contributed by atoms with Crippen LogP contribution in [0.2, 0.25) is 0 Å². The second-order valence-electron chi connectivity index (χ2n) is 4.09. The van der Waals surface area contributed by atoms with Crippen molar-refractivity contribution in [3.63, 3.8) is 0 Å². The molecule has 2 rings (SSSR count). The highest BCUT2D eigenvalue weighted by atomic mass is 127. The normalized spacial score (nSPS) is 9.94. The Hall–Kier alpha value is -0.840. The van der Waals surface area contributed by atoms with Gasteiger partial charge >= 0.3 is 0 Å². The molecule has 0 unspecified atom stereocenters. The number of halogens is 1. The Morgan fingerprint density at radius 3 is 2.59 bits per heavy atom. The Labute approximate surface area is 120 Å². The molecule has 1 aromatic carbocycles. The molecule has 0 atom stereocenters. The van der Waals surface area contributed by atoms with E-state index >= 15 is 0 Å². The summed E-state index contributed by atoms with van der Waals surface area (Å²) in [6.07, 6.45) is 6.77. The topological polar surface area (TPSA) is 8.81 Å². The predicted octanol–water partition coefficient (Wildman–Crippen LogP) is -0.372. The number of rotatable bonds is 5. The molecule has 2 aromatic rings. The van der Waals surface area contributed by atoms with E-state index in [4.69, 9.17) is 0 Å². The van der Waals surface area contributed by atoms with Crippen LogP contribution in [0, 0.1) is 0 Å². The number of unbranched alkanes of at least 4 members (excludes halogenated alkanes) is 1. The van der Waals surface area contributed by atoms with Crippen LogP contribution < -0.4 is 28.7 Å². The van der Waals surface area contributed by atoms with Crippen molar-refractivity contribution in [1.29, 1.82) is 0 Å². The van der Waals surface area contributed by atoms with Crippen molar-refractivity contribution >= 4 is 0 Å². The quantitative estimate of drug-likeness (QED) is 0.518. The summed E-state index contributed by atoms with van der Waals surface area (Å²) in [7, 11) is 0. The highest BCUT2D eigenvalue weighted by molar-refractivity contribution is 5.13. The SMILES string of the molecule is CCCCn1ccc[n+]1Cc1ccccc1.[I-]. The number of nitrogens with zero attached hydrogens (tertiary/aromatic N) is 2. The average Bonchev–Trinajstić information content (AvgIpc) is 2.75. The maximum atomic E-state index is 2.29. The standard InChI is InChI=1S/C14H19N2.HI/c1-2-3-10-15-11-7-12-16(15)13-14-8-5-4-6-9-14;/h4-9,11-12H,2-3,10,13H2,1H3;1H/q+1;/p-1. The molecular weight excluding hydrogens is 323 g/mol. The zero-order valence-corrected chi connectivity index (χ0v) is 12.4. The summed E-state index contributed by atoms with van der Waals surface area (Å²) in [5.41, 5.74) is 1.35. The van der Waals surface area contributed by atoms with Crippen LogP contribution in [-0.4, -0.2) is 4.68 Å². The lowest BCUT2D eigenvalue weighted by Crippen LogP contribution is -3.00. The summed E-state index contributed by atoms with van der Waals surface area (Å²) in [5.74, 6) is 0. The molecule has 0 spiro atoms. The van der Waals surface area contributed by atoms with Crippen molar-refractivity contribution in [2.75, 3.05) is 0 Å². The van der Waals surface area contributed by atoms with E-state index in [0.29, 0.717) is 0 Å². The molecule has 92 valence electrons. The molecule has 0 aliphatic rings. The lowest BCUT2D eigenvalue weighted by molar-refractivity contribution is -0.768. The van der Waals surface area contributed by atoms with Gasteiger partial charge < -0.3 is 24.0 Å². The lowest BCUT2D eigenvalue weighted by atomic mass is 10.2. The molecule has 1 aromatic heterocycles. The Morgan fingerprint density at radius 2 is 1.88 bits per heavy atom. The molecule has 0 aliphatic carbocycles. The Morgan fingerprint density at radius 1 is 1.12 bits per heavy atom. The molecule has 0 radical (unpaired) electrons. The summed E-state index contributed by atoms with van der Waals surface area (Å²) < 4.78 is 4.56. The van der Waals surface area contributed by atoms with Crippen molar-refractivity contribution < 1.29 is 28.7 Å². The van der Waals surface area contributed by atoms with Crippen LogP contribution in [-0.2, 0) is 13.1 Å². The summed E-state index contributed by atoms with van der Waals surface area (Å²) in [5, 5.41) is 0. The summed E-state index contributed by atoms with van der Waals surface area (Å²) in [6, 6.07) is 12.7. The average molecular weight is 342 g/mol. The van der Waals surface area contributed by atoms with E-state index in [0.717, 1.165) is 13.1 Å². The number of hydrogen-bond donors (Lipinski definition) is 0. The maximum Gasteiger partial charge on any atom is 0.197 e. The largest absolute Gasteiger partial charge is 1.00 e. The van der Waals surface area contributed by atoms with Gasteiger partial charge in [0.05, 0.1) is 12.7 Å². The van der Waals surface area contributed by atoms with Crippen LogP contribution in [0.15, 0.2) is 48.8 Å². The molecule has 2 nitrogen and oxygen atoms in total. The molecule has 3 heteroatoms. The van der Waals surface area contributed by atoms with Gasteiger partial charge in [-0.1, -0.05) is 43.7 Å². The van der Waals surface area contributed by atoms with Crippen molar-refractivity contribution in [2.24, 2.45) is 0 Å². The Bertz CT molecular complexity index is 423. The molecule has 0 bridgehead atoms. The minimum absolute atomic E-state index is 0. The van der Waals surface area contributed by atoms with Gasteiger partial charge in [0, 0.05) is 11.6 Å². The first kappa shape index (κ1) is 14.2. The summed E-state index contributed by atoms with van der Waals surface area (Å²) >= 11 is 0. The van der Waals surface area contributed by atoms with Crippen LogP contribution in [0.25, 0.3) is 0 Å². The summed E-state index contributed by atoms with van der Waals surface area (Å²) in [6.45, 7) is 4.29. The first-order chi connectivity index (χ1) is 7.90. The number of hydrogen-bond acceptors (Lipinski definition) is 0. The van der Waals surface area contributed by atoms with E-state index in [1.54, 1.807) is 0 Å². The Kier molecular flexibility index (Phi) is 6.26. The fourth-order valence-electron chi connectivity index (χ4n) is 1.85. The Balaban J connectivity index is 0.00000144. The van der Waals surface area contributed by atoms with E-state index in [1.807, 2.05) is 0 Å². The first-order valence-electron chi connectivity index (χ1n) is 5.99. The van der Waals surface area contributed by atoms with Crippen molar-refractivity contribution in [3.8, 4) is 0 Å². The third-order valence-corrected chi connectivity index (χ3v) is 2.77. The van der Waals surface area contributed by atoms with Crippen LogP contribution in [0.4, 0.5) is 0 Å². The van der Waals surface area contributed by atoms with Crippen molar-refractivity contribution in [2.45, 2.75) is 32.9 Å². The number of aryl methyl sites for hydroxylation is 1. The second kappa shape index (κ2) is 7.48. The molecule has 17 heavy (non-hydrogen) atoms. The van der Waals surface area contributed by atoms with E-state index in [2.05, 4.69) is 65.1 Å². The lowest BCUT2D eigenvalue weighted by Gasteiger charge is -2.02. The van der Waals surface area contributed by atoms with Gasteiger partial charge in [-0.25, -0.2) is 0 Å². The number of aromatic nitrogens is 2. The zero-order valence-electron chi connectivity index (χ0n) is 10.2. The third kappa shape index (κ3) is 4.15. The van der Waals surface area contributed by atoms with Gasteiger partial charge in [-0.15, -0.1) is 4.68 Å². The van der Waals surface area contributed by atoms with Crippen LogP contribution >= 0.6 is 0 Å². The molecule has 0 saturated heterocycles. The van der Waals surface area contributed by atoms with Crippen molar-refractivity contribution in [3.05, 3.63) is 54.4 Å². The van der Waals surface area contributed by atoms with E-state index in [-0.39, 0.29) is 24.0 Å². The molecule has 0 saturated carbocycles. The predicted molar refractivity (Wildman–Crippen MR) is 65.1 cm³/mol. The van der Waals surface area contributed by atoms with Gasteiger partial charge in [0.25, 0.3) is 0 Å². The van der Waals surface area contributed by atoms with Gasteiger partial charge in [-0.2, -0.15) is 4.68 Å². The van der Waals surface area contributed by atoms with Gasteiger partial charge in [0.2, 0.25) is 0 Å². The van der Waals surface area contributed by atoms with Gasteiger partial charge in [0.15, 0.2) is 12.7 Å². The van der Waals surface area contributed by atoms with Crippen molar-refractivity contribution in [1.82, 2.24) is 4.68 Å². The molecule has 0 fully saturated rings.